The van der Waals surface area contributed by atoms with Crippen LogP contribution in [0.4, 0.5) is 0 Å². The van der Waals surface area contributed by atoms with Crippen molar-refractivity contribution >= 4 is 17.7 Å². The highest BCUT2D eigenvalue weighted by molar-refractivity contribution is 7.99. The van der Waals surface area contributed by atoms with E-state index in [2.05, 4.69) is 0 Å². The topological polar surface area (TPSA) is 57.5 Å². The summed E-state index contributed by atoms with van der Waals surface area (Å²) >= 11 is 1.68. The van der Waals surface area contributed by atoms with E-state index in [4.69, 9.17) is 0 Å². The van der Waals surface area contributed by atoms with Gasteiger partial charge in [0.25, 0.3) is 0 Å². The molecule has 1 fully saturated rings. The fourth-order valence-corrected chi connectivity index (χ4v) is 2.88. The van der Waals surface area contributed by atoms with Crippen molar-refractivity contribution in [3.05, 3.63) is 0 Å². The lowest BCUT2D eigenvalue weighted by Crippen LogP contribution is -2.39. The summed E-state index contributed by atoms with van der Waals surface area (Å²) in [5.41, 5.74) is -0.570. The first-order valence-corrected chi connectivity index (χ1v) is 6.25. The van der Waals surface area contributed by atoms with E-state index in [0.29, 0.717) is 31.4 Å². The fourth-order valence-electron chi connectivity index (χ4n) is 1.87. The molecule has 1 saturated carbocycles. The standard InChI is InChI=1S/C10H18O3S/c1-2-14-7-10(9(12)13)5-3-8(11)4-6-10/h8,11H,2-7H2,1H3,(H,12,13). The van der Waals surface area contributed by atoms with E-state index < -0.39 is 11.4 Å². The van der Waals surface area contributed by atoms with E-state index in [0.717, 1.165) is 5.75 Å². The number of carboxylic acids is 1. The van der Waals surface area contributed by atoms with Gasteiger partial charge >= 0.3 is 5.97 Å². The molecule has 14 heavy (non-hydrogen) atoms. The van der Waals surface area contributed by atoms with Crippen LogP contribution in [0.15, 0.2) is 0 Å². The Morgan fingerprint density at radius 2 is 2.07 bits per heavy atom. The zero-order chi connectivity index (χ0) is 10.6. The van der Waals surface area contributed by atoms with Gasteiger partial charge in [-0.3, -0.25) is 4.79 Å². The van der Waals surface area contributed by atoms with Crippen molar-refractivity contribution in [2.75, 3.05) is 11.5 Å². The summed E-state index contributed by atoms with van der Waals surface area (Å²) in [6.45, 7) is 2.04. The zero-order valence-corrected chi connectivity index (χ0v) is 9.35. The number of aliphatic hydroxyl groups is 1. The maximum absolute atomic E-state index is 11.2. The molecule has 0 amide bonds. The average Bonchev–Trinajstić information content (AvgIpc) is 2.17. The van der Waals surface area contributed by atoms with Crippen LogP contribution in [0, 0.1) is 5.41 Å². The summed E-state index contributed by atoms with van der Waals surface area (Å²) in [5, 5.41) is 18.6. The molecule has 0 unspecified atom stereocenters. The molecule has 1 rings (SSSR count). The molecule has 0 aromatic rings. The number of aliphatic hydroxyl groups excluding tert-OH is 1. The maximum Gasteiger partial charge on any atom is 0.310 e. The number of rotatable bonds is 4. The van der Waals surface area contributed by atoms with Crippen LogP contribution in [-0.2, 0) is 4.79 Å². The second-order valence-corrected chi connectivity index (χ2v) is 5.23. The SMILES string of the molecule is CCSCC1(C(=O)O)CCC(O)CC1. The maximum atomic E-state index is 11.2. The van der Waals surface area contributed by atoms with Gasteiger partial charge in [0.15, 0.2) is 0 Å². The number of thioether (sulfide) groups is 1. The number of hydrogen-bond acceptors (Lipinski definition) is 3. The van der Waals surface area contributed by atoms with Gasteiger partial charge in [-0.2, -0.15) is 11.8 Å². The number of hydrogen-bond donors (Lipinski definition) is 2. The van der Waals surface area contributed by atoms with Crippen molar-refractivity contribution in [3.8, 4) is 0 Å². The Balaban J connectivity index is 2.58. The van der Waals surface area contributed by atoms with Crippen LogP contribution in [0.1, 0.15) is 32.6 Å². The first-order valence-electron chi connectivity index (χ1n) is 5.10. The van der Waals surface area contributed by atoms with E-state index in [1.807, 2.05) is 6.92 Å². The number of carbonyl (C=O) groups is 1. The summed E-state index contributed by atoms with van der Waals surface area (Å²) in [6.07, 6.45) is 2.23. The van der Waals surface area contributed by atoms with Gasteiger partial charge in [-0.15, -0.1) is 0 Å². The first-order chi connectivity index (χ1) is 6.60. The summed E-state index contributed by atoms with van der Waals surface area (Å²) in [7, 11) is 0. The van der Waals surface area contributed by atoms with E-state index in [9.17, 15) is 15.0 Å². The highest BCUT2D eigenvalue weighted by Gasteiger charge is 2.41. The molecule has 2 N–H and O–H groups in total. The van der Waals surface area contributed by atoms with Crippen LogP contribution in [0.2, 0.25) is 0 Å². The van der Waals surface area contributed by atoms with Gasteiger partial charge in [0.1, 0.15) is 0 Å². The molecule has 0 aliphatic heterocycles. The lowest BCUT2D eigenvalue weighted by molar-refractivity contribution is -0.150. The van der Waals surface area contributed by atoms with Crippen LogP contribution < -0.4 is 0 Å². The van der Waals surface area contributed by atoms with Crippen molar-refractivity contribution in [3.63, 3.8) is 0 Å². The third-order valence-electron chi connectivity index (χ3n) is 2.95. The van der Waals surface area contributed by atoms with Crippen LogP contribution in [0.5, 0.6) is 0 Å². The molecule has 1 aliphatic rings. The Morgan fingerprint density at radius 1 is 1.50 bits per heavy atom. The van der Waals surface area contributed by atoms with E-state index >= 15 is 0 Å². The molecule has 82 valence electrons. The lowest BCUT2D eigenvalue weighted by Gasteiger charge is -2.34. The summed E-state index contributed by atoms with van der Waals surface area (Å²) in [4.78, 5) is 11.2. The minimum Gasteiger partial charge on any atom is -0.481 e. The molecule has 0 heterocycles. The van der Waals surface area contributed by atoms with Crippen LogP contribution >= 0.6 is 11.8 Å². The monoisotopic (exact) mass is 218 g/mol. The molecule has 0 bridgehead atoms. The van der Waals surface area contributed by atoms with Crippen LogP contribution in [-0.4, -0.2) is 33.8 Å². The Morgan fingerprint density at radius 3 is 2.50 bits per heavy atom. The predicted molar refractivity (Wildman–Crippen MR) is 57.5 cm³/mol. The minimum absolute atomic E-state index is 0.283. The highest BCUT2D eigenvalue weighted by atomic mass is 32.2. The van der Waals surface area contributed by atoms with Gasteiger partial charge in [-0.05, 0) is 31.4 Å². The zero-order valence-electron chi connectivity index (χ0n) is 8.53. The first kappa shape index (κ1) is 11.9. The smallest absolute Gasteiger partial charge is 0.310 e. The Kier molecular flexibility index (Phi) is 4.26. The van der Waals surface area contributed by atoms with E-state index in [-0.39, 0.29) is 6.10 Å². The van der Waals surface area contributed by atoms with Gasteiger partial charge in [0.2, 0.25) is 0 Å². The molecular weight excluding hydrogens is 200 g/mol. The van der Waals surface area contributed by atoms with Gasteiger partial charge < -0.3 is 10.2 Å². The van der Waals surface area contributed by atoms with Crippen molar-refractivity contribution in [2.24, 2.45) is 5.41 Å². The minimum atomic E-state index is -0.689. The molecule has 0 aromatic carbocycles. The van der Waals surface area contributed by atoms with Crippen LogP contribution in [0.25, 0.3) is 0 Å². The summed E-state index contributed by atoms with van der Waals surface area (Å²) in [6, 6.07) is 0. The molecule has 4 heteroatoms. The molecule has 0 radical (unpaired) electrons. The second-order valence-electron chi connectivity index (χ2n) is 3.95. The Labute approximate surface area is 88.9 Å². The van der Waals surface area contributed by atoms with Crippen molar-refractivity contribution in [1.82, 2.24) is 0 Å². The second kappa shape index (κ2) is 5.03. The number of aliphatic carboxylic acids is 1. The fraction of sp³-hybridized carbons (Fsp3) is 0.900. The molecule has 0 saturated heterocycles. The number of carboxylic acid groups (broad SMARTS) is 1. The largest absolute Gasteiger partial charge is 0.481 e. The Hall–Kier alpha value is -0.220. The molecular formula is C10H18O3S. The third-order valence-corrected chi connectivity index (χ3v) is 4.11. The van der Waals surface area contributed by atoms with Crippen LogP contribution in [0.3, 0.4) is 0 Å². The summed E-state index contributed by atoms with van der Waals surface area (Å²) < 4.78 is 0. The van der Waals surface area contributed by atoms with Crippen molar-refractivity contribution in [2.45, 2.75) is 38.7 Å². The average molecular weight is 218 g/mol. The molecule has 0 spiro atoms. The van der Waals surface area contributed by atoms with Crippen molar-refractivity contribution < 1.29 is 15.0 Å². The summed E-state index contributed by atoms with van der Waals surface area (Å²) in [5.74, 6) is 0.953. The molecule has 1 aliphatic carbocycles. The lowest BCUT2D eigenvalue weighted by atomic mass is 9.74. The highest BCUT2D eigenvalue weighted by Crippen LogP contribution is 2.39. The quantitative estimate of drug-likeness (QED) is 0.754. The third kappa shape index (κ3) is 2.64. The van der Waals surface area contributed by atoms with E-state index in [1.165, 1.54) is 0 Å². The van der Waals surface area contributed by atoms with Gasteiger partial charge in [-0.1, -0.05) is 6.92 Å². The predicted octanol–water partition coefficient (Wildman–Crippen LogP) is 1.75. The molecule has 0 aromatic heterocycles. The van der Waals surface area contributed by atoms with Crippen molar-refractivity contribution in [1.29, 1.82) is 0 Å². The Bertz CT molecular complexity index is 192. The molecule has 3 nitrogen and oxygen atoms in total. The van der Waals surface area contributed by atoms with Gasteiger partial charge in [0, 0.05) is 5.75 Å². The van der Waals surface area contributed by atoms with Gasteiger partial charge in [-0.25, -0.2) is 0 Å². The molecule has 0 atom stereocenters. The normalized spacial score (nSPS) is 32.9. The van der Waals surface area contributed by atoms with E-state index in [1.54, 1.807) is 11.8 Å². The van der Waals surface area contributed by atoms with Gasteiger partial charge in [0.05, 0.1) is 11.5 Å².